The summed E-state index contributed by atoms with van der Waals surface area (Å²) in [6.45, 7) is 3.50. The number of hydrogen-bond acceptors (Lipinski definition) is 3. The zero-order chi connectivity index (χ0) is 14.3. The Hall–Kier alpha value is -0.810. The lowest BCUT2D eigenvalue weighted by Gasteiger charge is -2.30. The number of carbonyl (C=O) groups is 1. The molecule has 0 aromatic heterocycles. The highest BCUT2D eigenvalue weighted by Crippen LogP contribution is 2.40. The number of carbonyl (C=O) groups excluding carboxylic acids is 1. The molecule has 1 rings (SSSR count). The first-order chi connectivity index (χ1) is 8.99. The molecule has 0 saturated heterocycles. The van der Waals surface area contributed by atoms with Gasteiger partial charge in [0.05, 0.1) is 6.10 Å². The predicted molar refractivity (Wildman–Crippen MR) is 75.1 cm³/mol. The van der Waals surface area contributed by atoms with E-state index in [1.165, 1.54) is 17.7 Å². The zero-order valence-electron chi connectivity index (χ0n) is 12.4. The molecule has 0 aliphatic heterocycles. The molecule has 0 heterocycles. The van der Waals surface area contributed by atoms with Crippen LogP contribution in [0.3, 0.4) is 0 Å². The molecular formula is C14H28N2O3. The van der Waals surface area contributed by atoms with Gasteiger partial charge in [0.15, 0.2) is 0 Å². The fraction of sp³-hybridized carbons (Fsp3) is 0.929. The van der Waals surface area contributed by atoms with Crippen LogP contribution >= 0.6 is 0 Å². The Morgan fingerprint density at radius 2 is 2.11 bits per heavy atom. The van der Waals surface area contributed by atoms with Crippen LogP contribution in [0.15, 0.2) is 0 Å². The molecule has 1 atom stereocenters. The molecule has 5 nitrogen and oxygen atoms in total. The van der Waals surface area contributed by atoms with Gasteiger partial charge in [-0.05, 0) is 31.6 Å². The van der Waals surface area contributed by atoms with Crippen molar-refractivity contribution in [1.29, 1.82) is 0 Å². The predicted octanol–water partition coefficient (Wildman–Crippen LogP) is 1.61. The number of aliphatic hydroxyl groups is 1. The van der Waals surface area contributed by atoms with Gasteiger partial charge in [0, 0.05) is 33.9 Å². The van der Waals surface area contributed by atoms with Crippen LogP contribution < -0.4 is 5.32 Å². The van der Waals surface area contributed by atoms with E-state index in [1.807, 2.05) is 0 Å². The standard InChI is InChI=1S/C14H28N2O3/c1-12(17)10-16(2)13(18)15-11-14(8-9-19-3)6-4-5-7-14/h12,17H,4-11H2,1-3H3,(H,15,18). The van der Waals surface area contributed by atoms with Gasteiger partial charge in [-0.3, -0.25) is 0 Å². The Labute approximate surface area is 116 Å². The molecular weight excluding hydrogens is 244 g/mol. The fourth-order valence-electron chi connectivity index (χ4n) is 2.84. The molecule has 2 amide bonds. The van der Waals surface area contributed by atoms with Gasteiger partial charge in [0.1, 0.15) is 0 Å². The highest BCUT2D eigenvalue weighted by atomic mass is 16.5. The van der Waals surface area contributed by atoms with E-state index in [0.29, 0.717) is 13.1 Å². The zero-order valence-corrected chi connectivity index (χ0v) is 12.4. The van der Waals surface area contributed by atoms with Crippen molar-refractivity contribution >= 4 is 6.03 Å². The molecule has 5 heteroatoms. The monoisotopic (exact) mass is 272 g/mol. The minimum Gasteiger partial charge on any atom is -0.392 e. The summed E-state index contributed by atoms with van der Waals surface area (Å²) in [6.07, 6.45) is 5.31. The second kappa shape index (κ2) is 7.70. The molecule has 0 radical (unpaired) electrons. The summed E-state index contributed by atoms with van der Waals surface area (Å²) in [5.74, 6) is 0. The van der Waals surface area contributed by atoms with Gasteiger partial charge in [-0.2, -0.15) is 0 Å². The van der Waals surface area contributed by atoms with Gasteiger partial charge in [-0.15, -0.1) is 0 Å². The summed E-state index contributed by atoms with van der Waals surface area (Å²) in [5, 5.41) is 12.3. The van der Waals surface area contributed by atoms with Crippen LogP contribution in [-0.2, 0) is 4.74 Å². The van der Waals surface area contributed by atoms with E-state index in [0.717, 1.165) is 25.9 Å². The van der Waals surface area contributed by atoms with Gasteiger partial charge in [0.2, 0.25) is 0 Å². The lowest BCUT2D eigenvalue weighted by Crippen LogP contribution is -2.44. The van der Waals surface area contributed by atoms with Gasteiger partial charge in [0.25, 0.3) is 0 Å². The molecule has 1 fully saturated rings. The molecule has 1 saturated carbocycles. The van der Waals surface area contributed by atoms with Crippen molar-refractivity contribution in [2.75, 3.05) is 33.9 Å². The number of amides is 2. The number of nitrogens with zero attached hydrogens (tertiary/aromatic N) is 1. The van der Waals surface area contributed by atoms with Crippen LogP contribution in [-0.4, -0.2) is 56.0 Å². The summed E-state index contributed by atoms with van der Waals surface area (Å²) in [4.78, 5) is 13.5. The van der Waals surface area contributed by atoms with E-state index >= 15 is 0 Å². The molecule has 0 aromatic carbocycles. The molecule has 1 aliphatic carbocycles. The minimum atomic E-state index is -0.496. The average molecular weight is 272 g/mol. The Morgan fingerprint density at radius 3 is 2.63 bits per heavy atom. The first-order valence-electron chi connectivity index (χ1n) is 7.15. The van der Waals surface area contributed by atoms with Crippen molar-refractivity contribution in [3.63, 3.8) is 0 Å². The lowest BCUT2D eigenvalue weighted by atomic mass is 9.83. The Morgan fingerprint density at radius 1 is 1.47 bits per heavy atom. The van der Waals surface area contributed by atoms with Gasteiger partial charge in [-0.1, -0.05) is 12.8 Å². The van der Waals surface area contributed by atoms with Crippen molar-refractivity contribution in [1.82, 2.24) is 10.2 Å². The van der Waals surface area contributed by atoms with Gasteiger partial charge < -0.3 is 20.1 Å². The largest absolute Gasteiger partial charge is 0.392 e. The van der Waals surface area contributed by atoms with E-state index in [9.17, 15) is 9.90 Å². The van der Waals surface area contributed by atoms with Crippen LogP contribution in [0.2, 0.25) is 0 Å². The second-order valence-corrected chi connectivity index (χ2v) is 5.84. The highest BCUT2D eigenvalue weighted by molar-refractivity contribution is 5.73. The topological polar surface area (TPSA) is 61.8 Å². The summed E-state index contributed by atoms with van der Waals surface area (Å²) in [5.41, 5.74) is 0.206. The number of aliphatic hydroxyl groups excluding tert-OH is 1. The summed E-state index contributed by atoms with van der Waals surface area (Å²) in [7, 11) is 3.43. The van der Waals surface area contributed by atoms with Crippen LogP contribution in [0.1, 0.15) is 39.0 Å². The maximum Gasteiger partial charge on any atom is 0.317 e. The molecule has 0 spiro atoms. The third-order valence-electron chi connectivity index (χ3n) is 4.00. The number of nitrogens with one attached hydrogen (secondary N) is 1. The molecule has 0 bridgehead atoms. The summed E-state index contributed by atoms with van der Waals surface area (Å²) < 4.78 is 5.18. The number of rotatable bonds is 7. The Bertz CT molecular complexity index is 276. The number of urea groups is 1. The first-order valence-corrected chi connectivity index (χ1v) is 7.15. The third-order valence-corrected chi connectivity index (χ3v) is 4.00. The van der Waals surface area contributed by atoms with Crippen molar-refractivity contribution in [3.8, 4) is 0 Å². The minimum absolute atomic E-state index is 0.107. The van der Waals surface area contributed by atoms with E-state index in [1.54, 1.807) is 21.1 Å². The maximum atomic E-state index is 11.9. The Kier molecular flexibility index (Phi) is 6.58. The molecule has 0 aromatic rings. The molecule has 1 aliphatic rings. The molecule has 2 N–H and O–H groups in total. The third kappa shape index (κ3) is 5.37. The molecule has 112 valence electrons. The molecule has 1 unspecified atom stereocenters. The van der Waals surface area contributed by atoms with Crippen molar-refractivity contribution in [3.05, 3.63) is 0 Å². The van der Waals surface area contributed by atoms with Crippen LogP contribution in [0.5, 0.6) is 0 Å². The highest BCUT2D eigenvalue weighted by Gasteiger charge is 2.33. The number of ether oxygens (including phenoxy) is 1. The van der Waals surface area contributed by atoms with Crippen LogP contribution in [0, 0.1) is 5.41 Å². The van der Waals surface area contributed by atoms with E-state index in [-0.39, 0.29) is 11.4 Å². The van der Waals surface area contributed by atoms with Crippen molar-refractivity contribution in [2.45, 2.75) is 45.1 Å². The normalized spacial score (nSPS) is 19.2. The Balaban J connectivity index is 2.41. The first kappa shape index (κ1) is 16.2. The van der Waals surface area contributed by atoms with E-state index < -0.39 is 6.10 Å². The summed E-state index contributed by atoms with van der Waals surface area (Å²) >= 11 is 0. The fourth-order valence-corrected chi connectivity index (χ4v) is 2.84. The maximum absolute atomic E-state index is 11.9. The lowest BCUT2D eigenvalue weighted by molar-refractivity contribution is 0.127. The number of likely N-dealkylation sites (N-methyl/N-ethyl adjacent to an activating group) is 1. The average Bonchev–Trinajstić information content (AvgIpc) is 2.82. The number of methoxy groups -OCH3 is 1. The summed E-state index contributed by atoms with van der Waals surface area (Å²) in [6, 6.07) is -0.107. The van der Waals surface area contributed by atoms with E-state index in [2.05, 4.69) is 5.32 Å². The quantitative estimate of drug-likeness (QED) is 0.740. The van der Waals surface area contributed by atoms with Crippen LogP contribution in [0.4, 0.5) is 4.79 Å². The smallest absolute Gasteiger partial charge is 0.317 e. The van der Waals surface area contributed by atoms with Gasteiger partial charge >= 0.3 is 6.03 Å². The second-order valence-electron chi connectivity index (χ2n) is 5.84. The number of hydrogen-bond donors (Lipinski definition) is 2. The van der Waals surface area contributed by atoms with Crippen molar-refractivity contribution < 1.29 is 14.6 Å². The molecule has 19 heavy (non-hydrogen) atoms. The van der Waals surface area contributed by atoms with Crippen LogP contribution in [0.25, 0.3) is 0 Å². The SMILES string of the molecule is COCCC1(CNC(=O)N(C)CC(C)O)CCCC1. The van der Waals surface area contributed by atoms with E-state index in [4.69, 9.17) is 4.74 Å². The van der Waals surface area contributed by atoms with Gasteiger partial charge in [-0.25, -0.2) is 4.79 Å². The van der Waals surface area contributed by atoms with Crippen molar-refractivity contribution in [2.24, 2.45) is 5.41 Å².